The number of benzene rings is 1. The van der Waals surface area contributed by atoms with Gasteiger partial charge in [-0.3, -0.25) is 4.90 Å². The van der Waals surface area contributed by atoms with Gasteiger partial charge in [0.05, 0.1) is 0 Å². The fourth-order valence-electron chi connectivity index (χ4n) is 7.82. The molecule has 2 aromatic rings. The van der Waals surface area contributed by atoms with Gasteiger partial charge >= 0.3 is 0 Å². The van der Waals surface area contributed by atoms with E-state index in [0.717, 1.165) is 49.8 Å². The topological polar surface area (TPSA) is 64.5 Å². The van der Waals surface area contributed by atoms with Gasteiger partial charge in [-0.05, 0) is 101 Å². The van der Waals surface area contributed by atoms with Crippen molar-refractivity contribution in [2.24, 2.45) is 5.41 Å². The van der Waals surface area contributed by atoms with E-state index in [1.807, 2.05) is 26.0 Å². The lowest BCUT2D eigenvalue weighted by Crippen LogP contribution is -2.65. The second-order valence-electron chi connectivity index (χ2n) is 11.0. The van der Waals surface area contributed by atoms with Gasteiger partial charge in [-0.2, -0.15) is 0 Å². The van der Waals surface area contributed by atoms with Gasteiger partial charge in [0.25, 0.3) is 0 Å². The molecule has 6 nitrogen and oxygen atoms in total. The number of aromatic hydroxyl groups is 1. The van der Waals surface area contributed by atoms with Crippen LogP contribution in [0, 0.1) is 19.3 Å². The predicted molar refractivity (Wildman–Crippen MR) is 138 cm³/mol. The number of likely N-dealkylation sites (N-methyl/N-ethyl adjacent to an activating group) is 1. The van der Waals surface area contributed by atoms with Crippen LogP contribution in [0.2, 0.25) is 0 Å². The van der Waals surface area contributed by atoms with Crippen LogP contribution in [0.5, 0.6) is 5.75 Å². The fraction of sp³-hybridized carbons (Fsp3) is 0.643. The molecule has 2 bridgehead atoms. The summed E-state index contributed by atoms with van der Waals surface area (Å²) >= 11 is 0. The fourth-order valence-corrected chi connectivity index (χ4v) is 7.82. The van der Waals surface area contributed by atoms with E-state index in [0.29, 0.717) is 11.8 Å². The standard InChI is InChI=1S/C28H41N5O/c1-20-17-21(2)31-26(30-20)32(4)14-6-11-28-10-5-9-27(28)12-15-33(16-13-29-3)25(28)18-22-7-8-23(34)19-24(22)27/h7-8,17,19,25,29,34H,5-6,9-16,18H2,1-4H3. The summed E-state index contributed by atoms with van der Waals surface area (Å²) in [5.74, 6) is 1.27. The molecule has 1 aromatic carbocycles. The lowest BCUT2D eigenvalue weighted by molar-refractivity contribution is -0.0564. The minimum absolute atomic E-state index is 0.203. The SMILES string of the molecule is CNCCN1CCC23CCCC2(CCCN(C)c2nc(C)cc(C)n2)C1Cc1ccc(O)cc13. The molecular formula is C28H41N5O. The Balaban J connectivity index is 1.43. The van der Waals surface area contributed by atoms with Gasteiger partial charge in [0, 0.05) is 49.5 Å². The Morgan fingerprint density at radius 1 is 1.15 bits per heavy atom. The van der Waals surface area contributed by atoms with E-state index < -0.39 is 0 Å². The summed E-state index contributed by atoms with van der Waals surface area (Å²) in [6, 6.07) is 8.83. The van der Waals surface area contributed by atoms with Crippen LogP contribution in [0.3, 0.4) is 0 Å². The molecule has 0 spiro atoms. The van der Waals surface area contributed by atoms with E-state index in [-0.39, 0.29) is 10.8 Å². The quantitative estimate of drug-likeness (QED) is 0.618. The number of phenols is 1. The zero-order valence-corrected chi connectivity index (χ0v) is 21.4. The summed E-state index contributed by atoms with van der Waals surface area (Å²) < 4.78 is 0. The molecule has 1 aromatic heterocycles. The minimum Gasteiger partial charge on any atom is -0.508 e. The third-order valence-electron chi connectivity index (χ3n) is 9.18. The van der Waals surface area contributed by atoms with Crippen LogP contribution in [0.4, 0.5) is 5.95 Å². The molecule has 34 heavy (non-hydrogen) atoms. The predicted octanol–water partition coefficient (Wildman–Crippen LogP) is 3.97. The Morgan fingerprint density at radius 3 is 2.71 bits per heavy atom. The summed E-state index contributed by atoms with van der Waals surface area (Å²) in [4.78, 5) is 14.4. The average Bonchev–Trinajstić information content (AvgIpc) is 3.20. The Bertz CT molecular complexity index is 1020. The molecule has 0 radical (unpaired) electrons. The van der Waals surface area contributed by atoms with E-state index in [2.05, 4.69) is 51.3 Å². The Kier molecular flexibility index (Phi) is 6.32. The first kappa shape index (κ1) is 23.6. The van der Waals surface area contributed by atoms with Crippen molar-refractivity contribution in [1.82, 2.24) is 20.2 Å². The number of hydrogen-bond donors (Lipinski definition) is 2. The summed E-state index contributed by atoms with van der Waals surface area (Å²) in [5.41, 5.74) is 5.47. The van der Waals surface area contributed by atoms with Crippen LogP contribution < -0.4 is 10.2 Å². The molecule has 2 fully saturated rings. The zero-order chi connectivity index (χ0) is 23.9. The smallest absolute Gasteiger partial charge is 0.225 e. The Morgan fingerprint density at radius 2 is 1.94 bits per heavy atom. The van der Waals surface area contributed by atoms with Crippen molar-refractivity contribution in [3.63, 3.8) is 0 Å². The number of likely N-dealkylation sites (tertiary alicyclic amines) is 1. The highest BCUT2D eigenvalue weighted by atomic mass is 16.3. The number of piperidine rings is 1. The Labute approximate surface area is 204 Å². The second kappa shape index (κ2) is 9.12. The summed E-state index contributed by atoms with van der Waals surface area (Å²) in [6.07, 6.45) is 8.53. The van der Waals surface area contributed by atoms with Crippen molar-refractivity contribution in [2.45, 2.75) is 70.3 Å². The number of fused-ring (bicyclic) bond motifs is 1. The average molecular weight is 464 g/mol. The van der Waals surface area contributed by atoms with Crippen LogP contribution in [0.25, 0.3) is 0 Å². The zero-order valence-electron chi connectivity index (χ0n) is 21.4. The maximum Gasteiger partial charge on any atom is 0.225 e. The van der Waals surface area contributed by atoms with E-state index in [9.17, 15) is 5.11 Å². The normalized spacial score (nSPS) is 27.9. The van der Waals surface area contributed by atoms with Crippen LogP contribution in [-0.4, -0.2) is 66.3 Å². The molecule has 1 saturated carbocycles. The van der Waals surface area contributed by atoms with Crippen molar-refractivity contribution in [3.8, 4) is 5.75 Å². The first-order valence-corrected chi connectivity index (χ1v) is 13.1. The number of phenolic OH excluding ortho intramolecular Hbond substituents is 1. The molecule has 6 heteroatoms. The van der Waals surface area contributed by atoms with Crippen molar-refractivity contribution in [1.29, 1.82) is 0 Å². The lowest BCUT2D eigenvalue weighted by atomic mass is 9.49. The molecule has 2 heterocycles. The van der Waals surface area contributed by atoms with Gasteiger partial charge in [0.15, 0.2) is 0 Å². The van der Waals surface area contributed by atoms with E-state index in [1.165, 1.54) is 49.8 Å². The lowest BCUT2D eigenvalue weighted by Gasteiger charge is -2.62. The number of nitrogens with zero attached hydrogens (tertiary/aromatic N) is 4. The van der Waals surface area contributed by atoms with Gasteiger partial charge in [0.1, 0.15) is 5.75 Å². The largest absolute Gasteiger partial charge is 0.508 e. The Hall–Kier alpha value is -2.18. The van der Waals surface area contributed by atoms with Gasteiger partial charge in [-0.25, -0.2) is 9.97 Å². The number of aryl methyl sites for hydroxylation is 2. The van der Waals surface area contributed by atoms with Crippen LogP contribution in [0.1, 0.15) is 61.0 Å². The number of nitrogens with one attached hydrogen (secondary N) is 1. The summed E-state index contributed by atoms with van der Waals surface area (Å²) in [5, 5.41) is 13.8. The van der Waals surface area contributed by atoms with Gasteiger partial charge < -0.3 is 15.3 Å². The van der Waals surface area contributed by atoms with Gasteiger partial charge in [0.2, 0.25) is 5.95 Å². The van der Waals surface area contributed by atoms with E-state index in [1.54, 1.807) is 0 Å². The van der Waals surface area contributed by atoms with Crippen LogP contribution in [-0.2, 0) is 11.8 Å². The second-order valence-corrected chi connectivity index (χ2v) is 11.0. The molecule has 1 saturated heterocycles. The van der Waals surface area contributed by atoms with E-state index >= 15 is 0 Å². The number of anilines is 1. The summed E-state index contributed by atoms with van der Waals surface area (Å²) in [6.45, 7) is 8.38. The third kappa shape index (κ3) is 3.79. The van der Waals surface area contributed by atoms with Crippen LogP contribution >= 0.6 is 0 Å². The van der Waals surface area contributed by atoms with Crippen molar-refractivity contribution in [2.75, 3.05) is 45.2 Å². The highest BCUT2D eigenvalue weighted by molar-refractivity contribution is 5.47. The van der Waals surface area contributed by atoms with E-state index in [4.69, 9.17) is 0 Å². The van der Waals surface area contributed by atoms with Gasteiger partial charge in [-0.1, -0.05) is 12.5 Å². The monoisotopic (exact) mass is 463 g/mol. The molecule has 3 unspecified atom stereocenters. The first-order chi connectivity index (χ1) is 16.4. The maximum absolute atomic E-state index is 10.4. The molecule has 3 atom stereocenters. The molecule has 3 aliphatic rings. The van der Waals surface area contributed by atoms with Crippen molar-refractivity contribution in [3.05, 3.63) is 46.8 Å². The van der Waals surface area contributed by atoms with Crippen molar-refractivity contribution < 1.29 is 5.11 Å². The molecule has 5 rings (SSSR count). The molecule has 2 N–H and O–H groups in total. The molecular weight excluding hydrogens is 422 g/mol. The molecule has 2 aliphatic carbocycles. The van der Waals surface area contributed by atoms with Gasteiger partial charge in [-0.15, -0.1) is 0 Å². The number of rotatable bonds is 8. The maximum atomic E-state index is 10.4. The number of hydrogen-bond acceptors (Lipinski definition) is 6. The minimum atomic E-state index is 0.203. The highest BCUT2D eigenvalue weighted by Crippen LogP contribution is 2.66. The van der Waals surface area contributed by atoms with Crippen molar-refractivity contribution >= 4 is 5.95 Å². The highest BCUT2D eigenvalue weighted by Gasteiger charge is 2.64. The van der Waals surface area contributed by atoms with Crippen LogP contribution in [0.15, 0.2) is 24.3 Å². The molecule has 0 amide bonds. The summed E-state index contributed by atoms with van der Waals surface area (Å²) in [7, 11) is 4.19. The molecule has 1 aliphatic heterocycles. The first-order valence-electron chi connectivity index (χ1n) is 13.1. The third-order valence-corrected chi connectivity index (χ3v) is 9.18. The molecule has 184 valence electrons. The number of aromatic nitrogens is 2.